The molecule has 0 aliphatic carbocycles. The van der Waals surface area contributed by atoms with Crippen LogP contribution in [-0.2, 0) is 11.2 Å². The third-order valence-electron chi connectivity index (χ3n) is 4.42. The number of nitrogens with zero attached hydrogens (tertiary/aromatic N) is 1. The topological polar surface area (TPSA) is 54.0 Å². The van der Waals surface area contributed by atoms with Crippen LogP contribution in [0.4, 0.5) is 4.39 Å². The van der Waals surface area contributed by atoms with Crippen LogP contribution in [0.3, 0.4) is 0 Å². The highest BCUT2D eigenvalue weighted by Crippen LogP contribution is 2.22. The first-order chi connectivity index (χ1) is 11.7. The average molecular weight is 364 g/mol. The number of hydrogen-bond donors (Lipinski definition) is 2. The van der Waals surface area contributed by atoms with Gasteiger partial charge in [-0.25, -0.2) is 4.39 Å². The third kappa shape index (κ3) is 5.25. The predicted molar refractivity (Wildman–Crippen MR) is 99.2 cm³/mol. The highest BCUT2D eigenvalue weighted by atomic mass is 35.5. The molecular weight excluding hydrogens is 341 g/mol. The van der Waals surface area contributed by atoms with Crippen molar-refractivity contribution in [2.75, 3.05) is 19.6 Å². The van der Waals surface area contributed by atoms with Crippen LogP contribution in [0.15, 0.2) is 42.6 Å². The van der Waals surface area contributed by atoms with E-state index in [9.17, 15) is 9.18 Å². The van der Waals surface area contributed by atoms with Crippen LogP contribution in [0.1, 0.15) is 18.5 Å². The van der Waals surface area contributed by atoms with E-state index in [2.05, 4.69) is 15.6 Å². The van der Waals surface area contributed by atoms with Gasteiger partial charge in [-0.05, 0) is 49.7 Å². The lowest BCUT2D eigenvalue weighted by Gasteiger charge is -2.21. The summed E-state index contributed by atoms with van der Waals surface area (Å²) >= 11 is 0. The molecule has 1 fully saturated rings. The molecule has 0 bridgehead atoms. The molecule has 25 heavy (non-hydrogen) atoms. The van der Waals surface area contributed by atoms with Gasteiger partial charge in [0.15, 0.2) is 0 Å². The number of carbonyl (C=O) groups excluding carboxylic acids is 1. The van der Waals surface area contributed by atoms with Gasteiger partial charge in [-0.1, -0.05) is 18.2 Å². The third-order valence-corrected chi connectivity index (χ3v) is 4.42. The van der Waals surface area contributed by atoms with Crippen LogP contribution in [0.25, 0.3) is 11.1 Å². The lowest BCUT2D eigenvalue weighted by atomic mass is 9.97. The summed E-state index contributed by atoms with van der Waals surface area (Å²) in [6, 6.07) is 10.3. The smallest absolute Gasteiger partial charge is 0.223 e. The second kappa shape index (κ2) is 9.49. The van der Waals surface area contributed by atoms with Gasteiger partial charge < -0.3 is 10.6 Å². The predicted octanol–water partition coefficient (Wildman–Crippen LogP) is 2.97. The number of pyridine rings is 1. The highest BCUT2D eigenvalue weighted by molar-refractivity contribution is 5.85. The molecule has 0 saturated carbocycles. The molecule has 0 atom stereocenters. The summed E-state index contributed by atoms with van der Waals surface area (Å²) in [5, 5.41) is 6.29. The standard InChI is InChI=1S/C19H22FN3O.ClH/c20-16-5-3-14(4-6-16)17-2-1-10-22-18(17)9-13-23-19(24)15-7-11-21-12-8-15;/h1-6,10,15,21H,7-9,11-13H2,(H,23,24);1H. The molecular formula is C19H23ClFN3O. The number of hydrogen-bond acceptors (Lipinski definition) is 3. The van der Waals surface area contributed by atoms with Crippen LogP contribution < -0.4 is 10.6 Å². The van der Waals surface area contributed by atoms with Crippen molar-refractivity contribution in [3.63, 3.8) is 0 Å². The summed E-state index contributed by atoms with van der Waals surface area (Å²) in [4.78, 5) is 16.6. The Bertz CT molecular complexity index is 687. The van der Waals surface area contributed by atoms with E-state index in [4.69, 9.17) is 0 Å². The Kier molecular flexibility index (Phi) is 7.34. The van der Waals surface area contributed by atoms with Gasteiger partial charge in [0, 0.05) is 36.3 Å². The maximum atomic E-state index is 13.1. The van der Waals surface area contributed by atoms with Crippen molar-refractivity contribution in [1.82, 2.24) is 15.6 Å². The zero-order chi connectivity index (χ0) is 16.8. The van der Waals surface area contributed by atoms with Gasteiger partial charge in [-0.2, -0.15) is 0 Å². The van der Waals surface area contributed by atoms with Crippen molar-refractivity contribution in [3.8, 4) is 11.1 Å². The lowest BCUT2D eigenvalue weighted by molar-refractivity contribution is -0.125. The van der Waals surface area contributed by atoms with E-state index >= 15 is 0 Å². The van der Waals surface area contributed by atoms with Crippen molar-refractivity contribution < 1.29 is 9.18 Å². The number of amides is 1. The first-order valence-electron chi connectivity index (χ1n) is 8.42. The van der Waals surface area contributed by atoms with Gasteiger partial charge in [-0.15, -0.1) is 12.4 Å². The maximum Gasteiger partial charge on any atom is 0.223 e. The Morgan fingerprint density at radius 1 is 1.20 bits per heavy atom. The van der Waals surface area contributed by atoms with Gasteiger partial charge >= 0.3 is 0 Å². The molecule has 1 saturated heterocycles. The van der Waals surface area contributed by atoms with Crippen molar-refractivity contribution in [3.05, 3.63) is 54.1 Å². The number of rotatable bonds is 5. The Morgan fingerprint density at radius 3 is 2.64 bits per heavy atom. The number of nitrogens with one attached hydrogen (secondary N) is 2. The fraction of sp³-hybridized carbons (Fsp3) is 0.368. The second-order valence-corrected chi connectivity index (χ2v) is 6.07. The van der Waals surface area contributed by atoms with Crippen LogP contribution in [0.5, 0.6) is 0 Å². The Balaban J connectivity index is 0.00000225. The Morgan fingerprint density at radius 2 is 1.92 bits per heavy atom. The zero-order valence-corrected chi connectivity index (χ0v) is 14.8. The van der Waals surface area contributed by atoms with E-state index < -0.39 is 0 Å². The van der Waals surface area contributed by atoms with E-state index in [0.29, 0.717) is 13.0 Å². The summed E-state index contributed by atoms with van der Waals surface area (Å²) in [7, 11) is 0. The largest absolute Gasteiger partial charge is 0.355 e. The van der Waals surface area contributed by atoms with Gasteiger partial charge in [0.2, 0.25) is 5.91 Å². The summed E-state index contributed by atoms with van der Waals surface area (Å²) in [6.45, 7) is 2.38. The monoisotopic (exact) mass is 363 g/mol. The quantitative estimate of drug-likeness (QED) is 0.858. The van der Waals surface area contributed by atoms with Crippen LogP contribution in [0, 0.1) is 11.7 Å². The Labute approximate surface area is 153 Å². The number of aromatic nitrogens is 1. The molecule has 1 aromatic carbocycles. The molecule has 1 aliphatic heterocycles. The van der Waals surface area contributed by atoms with Crippen LogP contribution in [0.2, 0.25) is 0 Å². The van der Waals surface area contributed by atoms with E-state index in [1.54, 1.807) is 18.3 Å². The minimum Gasteiger partial charge on any atom is -0.355 e. The zero-order valence-electron chi connectivity index (χ0n) is 14.0. The summed E-state index contributed by atoms with van der Waals surface area (Å²) in [5.74, 6) is 0.000685. The molecule has 6 heteroatoms. The molecule has 1 aromatic heterocycles. The highest BCUT2D eigenvalue weighted by Gasteiger charge is 2.20. The van der Waals surface area contributed by atoms with Gasteiger partial charge in [0.05, 0.1) is 0 Å². The molecule has 1 aliphatic rings. The SMILES string of the molecule is Cl.O=C(NCCc1ncccc1-c1ccc(F)cc1)C1CCNCC1. The molecule has 2 heterocycles. The summed E-state index contributed by atoms with van der Waals surface area (Å²) in [6.07, 6.45) is 4.20. The number of carbonyl (C=O) groups is 1. The molecule has 2 N–H and O–H groups in total. The Hall–Kier alpha value is -1.98. The molecule has 4 nitrogen and oxygen atoms in total. The molecule has 0 radical (unpaired) electrons. The summed E-state index contributed by atoms with van der Waals surface area (Å²) in [5.41, 5.74) is 2.83. The van der Waals surface area contributed by atoms with Crippen molar-refractivity contribution in [2.45, 2.75) is 19.3 Å². The summed E-state index contributed by atoms with van der Waals surface area (Å²) < 4.78 is 13.1. The van der Waals surface area contributed by atoms with E-state index in [-0.39, 0.29) is 30.0 Å². The second-order valence-electron chi connectivity index (χ2n) is 6.07. The maximum absolute atomic E-state index is 13.1. The van der Waals surface area contributed by atoms with Crippen LogP contribution >= 0.6 is 12.4 Å². The van der Waals surface area contributed by atoms with Gasteiger partial charge in [-0.3, -0.25) is 9.78 Å². The molecule has 0 spiro atoms. The fourth-order valence-electron chi connectivity index (χ4n) is 3.06. The minimum atomic E-state index is -0.251. The van der Waals surface area contributed by atoms with Crippen molar-refractivity contribution >= 4 is 18.3 Å². The first kappa shape index (κ1) is 19.3. The van der Waals surface area contributed by atoms with Gasteiger partial charge in [0.1, 0.15) is 5.82 Å². The van der Waals surface area contributed by atoms with E-state index in [0.717, 1.165) is 42.8 Å². The lowest BCUT2D eigenvalue weighted by Crippen LogP contribution is -2.38. The van der Waals surface area contributed by atoms with Crippen molar-refractivity contribution in [1.29, 1.82) is 0 Å². The van der Waals surface area contributed by atoms with E-state index in [1.807, 2.05) is 12.1 Å². The number of halogens is 2. The van der Waals surface area contributed by atoms with Gasteiger partial charge in [0.25, 0.3) is 0 Å². The average Bonchev–Trinajstić information content (AvgIpc) is 2.63. The minimum absolute atomic E-state index is 0. The molecule has 134 valence electrons. The van der Waals surface area contributed by atoms with E-state index in [1.165, 1.54) is 12.1 Å². The first-order valence-corrected chi connectivity index (χ1v) is 8.42. The molecule has 2 aromatic rings. The molecule has 0 unspecified atom stereocenters. The fourth-order valence-corrected chi connectivity index (χ4v) is 3.06. The molecule has 3 rings (SSSR count). The van der Waals surface area contributed by atoms with Crippen molar-refractivity contribution in [2.24, 2.45) is 5.92 Å². The molecule has 1 amide bonds. The normalized spacial score (nSPS) is 14.6. The number of benzene rings is 1. The van der Waals surface area contributed by atoms with Crippen LogP contribution in [-0.4, -0.2) is 30.5 Å². The number of piperidine rings is 1.